The minimum atomic E-state index is -0.596. The third-order valence-electron chi connectivity index (χ3n) is 4.89. The van der Waals surface area contributed by atoms with Crippen LogP contribution in [-0.4, -0.2) is 28.5 Å². The maximum Gasteiger partial charge on any atom is 0.358 e. The summed E-state index contributed by atoms with van der Waals surface area (Å²) in [6.07, 6.45) is 1.45. The molecule has 1 amide bonds. The molecule has 0 radical (unpaired) electrons. The van der Waals surface area contributed by atoms with Crippen molar-refractivity contribution in [2.45, 2.75) is 16.2 Å². The Morgan fingerprint density at radius 2 is 1.45 bits per heavy atom. The Morgan fingerprint density at radius 3 is 2.16 bits per heavy atom. The minimum Gasteiger partial charge on any atom is -0.460 e. The molecule has 0 unspecified atom stereocenters. The van der Waals surface area contributed by atoms with Crippen molar-refractivity contribution in [1.82, 2.24) is 9.97 Å². The summed E-state index contributed by atoms with van der Waals surface area (Å²) in [5, 5.41) is 0. The van der Waals surface area contributed by atoms with Gasteiger partial charge >= 0.3 is 5.97 Å². The second-order valence-electron chi connectivity index (χ2n) is 6.90. The van der Waals surface area contributed by atoms with Crippen LogP contribution in [0.4, 0.5) is 11.4 Å². The molecule has 1 aliphatic heterocycles. The number of para-hydroxylation sites is 4. The lowest BCUT2D eigenvalue weighted by molar-refractivity contribution is -0.118. The van der Waals surface area contributed by atoms with Gasteiger partial charge in [-0.25, -0.2) is 9.78 Å². The maximum absolute atomic E-state index is 13.1. The Labute approximate surface area is 182 Å². The van der Waals surface area contributed by atoms with E-state index in [1.54, 1.807) is 22.7 Å². The summed E-state index contributed by atoms with van der Waals surface area (Å²) in [5.74, 6) is -0.737. The first-order valence-corrected chi connectivity index (χ1v) is 10.6. The Bertz CT molecular complexity index is 1260. The van der Waals surface area contributed by atoms with E-state index in [0.717, 1.165) is 21.2 Å². The van der Waals surface area contributed by atoms with Crippen molar-refractivity contribution in [1.29, 1.82) is 0 Å². The van der Waals surface area contributed by atoms with Crippen LogP contribution in [0.15, 0.2) is 88.8 Å². The van der Waals surface area contributed by atoms with Gasteiger partial charge in [-0.15, -0.1) is 0 Å². The number of nitrogens with zero attached hydrogens (tertiary/aromatic N) is 3. The van der Waals surface area contributed by atoms with Gasteiger partial charge in [-0.1, -0.05) is 48.2 Å². The average molecular weight is 427 g/mol. The van der Waals surface area contributed by atoms with Gasteiger partial charge in [0.1, 0.15) is 6.61 Å². The molecule has 0 saturated carbocycles. The van der Waals surface area contributed by atoms with Gasteiger partial charge in [-0.3, -0.25) is 14.7 Å². The largest absolute Gasteiger partial charge is 0.460 e. The summed E-state index contributed by atoms with van der Waals surface area (Å²) in [7, 11) is 0. The summed E-state index contributed by atoms with van der Waals surface area (Å²) in [5.41, 5.74) is 3.11. The first-order chi connectivity index (χ1) is 15.2. The van der Waals surface area contributed by atoms with Gasteiger partial charge in [0, 0.05) is 9.79 Å². The molecule has 0 spiro atoms. The molecule has 5 rings (SSSR count). The minimum absolute atomic E-state index is 0.0415. The predicted molar refractivity (Wildman–Crippen MR) is 119 cm³/mol. The molecule has 2 heterocycles. The molecule has 6 nitrogen and oxygen atoms in total. The van der Waals surface area contributed by atoms with E-state index in [9.17, 15) is 9.59 Å². The number of benzene rings is 3. The summed E-state index contributed by atoms with van der Waals surface area (Å²) in [6.45, 7) is -0.0415. The molecule has 7 heteroatoms. The zero-order chi connectivity index (χ0) is 21.2. The van der Waals surface area contributed by atoms with Crippen molar-refractivity contribution < 1.29 is 14.3 Å². The number of fused-ring (bicyclic) bond motifs is 3. The van der Waals surface area contributed by atoms with Gasteiger partial charge in [-0.2, -0.15) is 0 Å². The first-order valence-electron chi connectivity index (χ1n) is 9.78. The smallest absolute Gasteiger partial charge is 0.358 e. The van der Waals surface area contributed by atoms with Crippen LogP contribution in [-0.2, 0) is 9.53 Å². The third kappa shape index (κ3) is 3.75. The van der Waals surface area contributed by atoms with Crippen molar-refractivity contribution in [3.8, 4) is 0 Å². The Morgan fingerprint density at radius 1 is 0.839 bits per heavy atom. The molecular formula is C24H17N3O3S. The van der Waals surface area contributed by atoms with E-state index < -0.39 is 5.97 Å². The number of esters is 1. The summed E-state index contributed by atoms with van der Waals surface area (Å²) < 4.78 is 5.32. The van der Waals surface area contributed by atoms with Gasteiger partial charge < -0.3 is 4.74 Å². The number of anilines is 2. The monoisotopic (exact) mass is 427 g/mol. The van der Waals surface area contributed by atoms with E-state index in [0.29, 0.717) is 11.0 Å². The molecule has 152 valence electrons. The number of carbonyl (C=O) groups is 2. The average Bonchev–Trinajstić information content (AvgIpc) is 2.82. The highest BCUT2D eigenvalue weighted by atomic mass is 32.2. The lowest BCUT2D eigenvalue weighted by atomic mass is 10.2. The molecule has 0 N–H and O–H groups in total. The number of ether oxygens (including phenoxy) is 1. The molecule has 4 aromatic rings. The van der Waals surface area contributed by atoms with Gasteiger partial charge in [0.15, 0.2) is 5.69 Å². The van der Waals surface area contributed by atoms with Crippen LogP contribution in [0.3, 0.4) is 0 Å². The molecule has 0 aliphatic carbocycles. The quantitative estimate of drug-likeness (QED) is 0.427. The van der Waals surface area contributed by atoms with Crippen molar-refractivity contribution in [2.24, 2.45) is 0 Å². The van der Waals surface area contributed by atoms with E-state index in [2.05, 4.69) is 9.97 Å². The number of rotatable bonds is 4. The number of hydrogen-bond donors (Lipinski definition) is 0. The number of amides is 1. The van der Waals surface area contributed by atoms with Crippen molar-refractivity contribution in [2.75, 3.05) is 11.5 Å². The zero-order valence-electron chi connectivity index (χ0n) is 16.4. The Hall–Kier alpha value is -3.71. The number of hydrogen-bond acceptors (Lipinski definition) is 6. The predicted octanol–water partition coefficient (Wildman–Crippen LogP) is 5.01. The Balaban J connectivity index is 1.30. The highest BCUT2D eigenvalue weighted by Crippen LogP contribution is 2.48. The van der Waals surface area contributed by atoms with Crippen molar-refractivity contribution in [3.63, 3.8) is 0 Å². The lowest BCUT2D eigenvalue weighted by Gasteiger charge is -2.31. The van der Waals surface area contributed by atoms with E-state index in [4.69, 9.17) is 4.74 Å². The van der Waals surface area contributed by atoms with Crippen LogP contribution in [0.2, 0.25) is 0 Å². The topological polar surface area (TPSA) is 72.4 Å². The normalized spacial score (nSPS) is 12.2. The van der Waals surface area contributed by atoms with Crippen LogP contribution in [0.1, 0.15) is 16.9 Å². The van der Waals surface area contributed by atoms with Crippen LogP contribution in [0.25, 0.3) is 11.0 Å². The van der Waals surface area contributed by atoms with E-state index >= 15 is 0 Å². The van der Waals surface area contributed by atoms with Crippen LogP contribution >= 0.6 is 11.8 Å². The second-order valence-corrected chi connectivity index (χ2v) is 7.98. The van der Waals surface area contributed by atoms with E-state index in [1.165, 1.54) is 6.20 Å². The highest BCUT2D eigenvalue weighted by Gasteiger charge is 2.27. The molecule has 0 fully saturated rings. The fraction of sp³-hybridized carbons (Fsp3) is 0.0833. The number of aromatic nitrogens is 2. The van der Waals surface area contributed by atoms with Gasteiger partial charge in [-0.05, 0) is 36.4 Å². The maximum atomic E-state index is 13.1. The highest BCUT2D eigenvalue weighted by molar-refractivity contribution is 7.99. The van der Waals surface area contributed by atoms with Crippen molar-refractivity contribution in [3.05, 3.63) is 84.7 Å². The molecule has 1 aliphatic rings. The zero-order valence-corrected chi connectivity index (χ0v) is 17.2. The first kappa shape index (κ1) is 19.3. The molecule has 3 aromatic carbocycles. The third-order valence-corrected chi connectivity index (χ3v) is 6.02. The standard InChI is InChI=1S/C24H17N3O3S/c28-23(13-14-30-24(29)18-15-25-16-7-1-2-8-17(16)26-18)27-19-9-3-5-11-21(19)31-22-12-6-4-10-20(22)27/h1-12,15H,13-14H2. The molecular weight excluding hydrogens is 410 g/mol. The molecule has 0 bridgehead atoms. The van der Waals surface area contributed by atoms with Crippen LogP contribution in [0, 0.1) is 0 Å². The van der Waals surface area contributed by atoms with Crippen molar-refractivity contribution >= 4 is 46.0 Å². The molecule has 31 heavy (non-hydrogen) atoms. The van der Waals surface area contributed by atoms with E-state index in [1.807, 2.05) is 66.7 Å². The number of carbonyl (C=O) groups excluding carboxylic acids is 2. The van der Waals surface area contributed by atoms with Crippen LogP contribution < -0.4 is 4.90 Å². The fourth-order valence-corrected chi connectivity index (χ4v) is 4.50. The summed E-state index contributed by atoms with van der Waals surface area (Å²) in [6, 6.07) is 22.9. The van der Waals surface area contributed by atoms with Gasteiger partial charge in [0.05, 0.1) is 35.0 Å². The van der Waals surface area contributed by atoms with Crippen LogP contribution in [0.5, 0.6) is 0 Å². The molecule has 0 saturated heterocycles. The second kappa shape index (κ2) is 8.20. The summed E-state index contributed by atoms with van der Waals surface area (Å²) in [4.78, 5) is 37.7. The van der Waals surface area contributed by atoms with Gasteiger partial charge in [0.2, 0.25) is 5.91 Å². The van der Waals surface area contributed by atoms with Gasteiger partial charge in [0.25, 0.3) is 0 Å². The molecule has 1 aromatic heterocycles. The SMILES string of the molecule is O=C(OCCC(=O)N1c2ccccc2Sc2ccccc21)c1cnc2ccccc2n1. The van der Waals surface area contributed by atoms with E-state index in [-0.39, 0.29) is 24.6 Å². The summed E-state index contributed by atoms with van der Waals surface area (Å²) >= 11 is 1.64. The molecule has 0 atom stereocenters. The lowest BCUT2D eigenvalue weighted by Crippen LogP contribution is -2.29. The Kier molecular flexibility index (Phi) is 5.09. The fourth-order valence-electron chi connectivity index (χ4n) is 3.45.